The Hall–Kier alpha value is -3.07. The van der Waals surface area contributed by atoms with Crippen molar-refractivity contribution < 1.29 is 27.5 Å². The molecule has 1 aliphatic rings. The van der Waals surface area contributed by atoms with Crippen LogP contribution in [-0.4, -0.2) is 39.5 Å². The summed E-state index contributed by atoms with van der Waals surface area (Å²) in [7, 11) is -2.46. The van der Waals surface area contributed by atoms with Crippen molar-refractivity contribution in [3.8, 4) is 5.75 Å². The molecule has 1 fully saturated rings. The summed E-state index contributed by atoms with van der Waals surface area (Å²) in [6.07, 6.45) is 0.847. The summed E-state index contributed by atoms with van der Waals surface area (Å²) in [4.78, 5) is 24.5. The Morgan fingerprint density at radius 1 is 1.07 bits per heavy atom. The summed E-state index contributed by atoms with van der Waals surface area (Å²) in [6.45, 7) is 1.47. The zero-order valence-corrected chi connectivity index (χ0v) is 16.9. The second-order valence-electron chi connectivity index (χ2n) is 6.66. The highest BCUT2D eigenvalue weighted by Crippen LogP contribution is 2.23. The Kier molecular flexibility index (Phi) is 6.07. The van der Waals surface area contributed by atoms with E-state index in [9.17, 15) is 18.0 Å². The molecule has 2 aromatic carbocycles. The molecule has 2 N–H and O–H groups in total. The van der Waals surface area contributed by atoms with Crippen LogP contribution in [0.25, 0.3) is 0 Å². The molecule has 1 amide bonds. The van der Waals surface area contributed by atoms with E-state index in [0.29, 0.717) is 5.75 Å². The Morgan fingerprint density at radius 3 is 2.34 bits per heavy atom. The lowest BCUT2D eigenvalue weighted by Gasteiger charge is -2.16. The van der Waals surface area contributed by atoms with Crippen molar-refractivity contribution in [3.05, 3.63) is 54.1 Å². The number of hydrogen-bond acceptors (Lipinski definition) is 6. The van der Waals surface area contributed by atoms with Gasteiger partial charge in [0.1, 0.15) is 5.75 Å². The standard InChI is InChI=1S/C20H22N2O6S/c1-13(19(23)21-14-7-8-14)28-20(24)17-5-3-4-6-18(17)22-29(25,26)16-11-9-15(27-2)10-12-16/h3-6,9-14,22H,7-8H2,1-2H3,(H,21,23)/t13-/m0/s1. The molecule has 8 nitrogen and oxygen atoms in total. The molecule has 0 unspecified atom stereocenters. The van der Waals surface area contributed by atoms with Gasteiger partial charge in [0.05, 0.1) is 23.3 Å². The molecule has 1 atom stereocenters. The third kappa shape index (κ3) is 5.26. The number of methoxy groups -OCH3 is 1. The number of carbonyl (C=O) groups excluding carboxylic acids is 2. The van der Waals surface area contributed by atoms with E-state index in [0.717, 1.165) is 12.8 Å². The van der Waals surface area contributed by atoms with Crippen molar-refractivity contribution in [2.45, 2.75) is 36.8 Å². The quantitative estimate of drug-likeness (QED) is 0.637. The highest BCUT2D eigenvalue weighted by molar-refractivity contribution is 7.92. The van der Waals surface area contributed by atoms with Crippen LogP contribution in [0.2, 0.25) is 0 Å². The highest BCUT2D eigenvalue weighted by atomic mass is 32.2. The van der Waals surface area contributed by atoms with Crippen molar-refractivity contribution in [2.24, 2.45) is 0 Å². The maximum absolute atomic E-state index is 12.7. The van der Waals surface area contributed by atoms with Gasteiger partial charge in [-0.25, -0.2) is 13.2 Å². The van der Waals surface area contributed by atoms with Gasteiger partial charge in [-0.1, -0.05) is 12.1 Å². The van der Waals surface area contributed by atoms with E-state index >= 15 is 0 Å². The van der Waals surface area contributed by atoms with E-state index in [2.05, 4.69) is 10.0 Å². The molecule has 0 bridgehead atoms. The summed E-state index contributed by atoms with van der Waals surface area (Å²) >= 11 is 0. The third-order valence-corrected chi connectivity index (χ3v) is 5.72. The summed E-state index contributed by atoms with van der Waals surface area (Å²) in [5.74, 6) is -0.653. The van der Waals surface area contributed by atoms with Crippen molar-refractivity contribution in [2.75, 3.05) is 11.8 Å². The second-order valence-corrected chi connectivity index (χ2v) is 8.34. The fourth-order valence-electron chi connectivity index (χ4n) is 2.53. The SMILES string of the molecule is COc1ccc(S(=O)(=O)Nc2ccccc2C(=O)O[C@@H](C)C(=O)NC2CC2)cc1. The summed E-state index contributed by atoms with van der Waals surface area (Å²) in [6, 6.07) is 12.0. The molecule has 0 spiro atoms. The van der Waals surface area contributed by atoms with E-state index < -0.39 is 22.1 Å². The van der Waals surface area contributed by atoms with Crippen LogP contribution in [0.15, 0.2) is 53.4 Å². The molecule has 1 aliphatic carbocycles. The summed E-state index contributed by atoms with van der Waals surface area (Å²) < 4.78 is 38.0. The molecule has 0 heterocycles. The topological polar surface area (TPSA) is 111 Å². The molecule has 0 radical (unpaired) electrons. The van der Waals surface area contributed by atoms with Gasteiger partial charge < -0.3 is 14.8 Å². The Labute approximate surface area is 169 Å². The van der Waals surface area contributed by atoms with E-state index in [-0.39, 0.29) is 28.1 Å². The van der Waals surface area contributed by atoms with Crippen LogP contribution in [0, 0.1) is 0 Å². The molecule has 154 valence electrons. The number of para-hydroxylation sites is 1. The molecule has 2 aromatic rings. The number of anilines is 1. The van der Waals surface area contributed by atoms with Gasteiger partial charge in [-0.05, 0) is 56.2 Å². The molecule has 9 heteroatoms. The van der Waals surface area contributed by atoms with Crippen molar-refractivity contribution in [3.63, 3.8) is 0 Å². The first-order valence-electron chi connectivity index (χ1n) is 9.07. The van der Waals surface area contributed by atoms with E-state index in [1.807, 2.05) is 0 Å². The first-order chi connectivity index (χ1) is 13.8. The Morgan fingerprint density at radius 2 is 1.72 bits per heavy atom. The Bertz CT molecular complexity index is 1000. The smallest absolute Gasteiger partial charge is 0.341 e. The number of carbonyl (C=O) groups is 2. The fourth-order valence-corrected chi connectivity index (χ4v) is 3.61. The van der Waals surface area contributed by atoms with Gasteiger partial charge in [0.15, 0.2) is 6.10 Å². The maximum Gasteiger partial charge on any atom is 0.341 e. The van der Waals surface area contributed by atoms with Crippen LogP contribution >= 0.6 is 0 Å². The van der Waals surface area contributed by atoms with Gasteiger partial charge in [-0.2, -0.15) is 0 Å². The molecule has 29 heavy (non-hydrogen) atoms. The summed E-state index contributed by atoms with van der Waals surface area (Å²) in [5.41, 5.74) is 0.0683. The van der Waals surface area contributed by atoms with Gasteiger partial charge in [0.2, 0.25) is 0 Å². The molecular formula is C20H22N2O6S. The fraction of sp³-hybridized carbons (Fsp3) is 0.300. The third-order valence-electron chi connectivity index (χ3n) is 4.34. The lowest BCUT2D eigenvalue weighted by molar-refractivity contribution is -0.129. The van der Waals surface area contributed by atoms with Crippen molar-refractivity contribution >= 4 is 27.6 Å². The maximum atomic E-state index is 12.7. The number of benzene rings is 2. The van der Waals surface area contributed by atoms with Crippen molar-refractivity contribution in [1.29, 1.82) is 0 Å². The van der Waals surface area contributed by atoms with Crippen LogP contribution in [0.4, 0.5) is 5.69 Å². The van der Waals surface area contributed by atoms with Gasteiger partial charge in [0, 0.05) is 6.04 Å². The van der Waals surface area contributed by atoms with Crippen molar-refractivity contribution in [1.82, 2.24) is 5.32 Å². The number of amides is 1. The van der Waals surface area contributed by atoms with E-state index in [4.69, 9.17) is 9.47 Å². The van der Waals surface area contributed by atoms with Crippen LogP contribution in [0.5, 0.6) is 5.75 Å². The molecule has 0 aliphatic heterocycles. The highest BCUT2D eigenvalue weighted by Gasteiger charge is 2.28. The molecule has 3 rings (SSSR count). The average Bonchev–Trinajstić information content (AvgIpc) is 3.52. The minimum absolute atomic E-state index is 0.00987. The minimum atomic E-state index is -3.94. The predicted molar refractivity (Wildman–Crippen MR) is 106 cm³/mol. The monoisotopic (exact) mass is 418 g/mol. The Balaban J connectivity index is 1.75. The normalized spacial score (nSPS) is 14.6. The number of nitrogens with one attached hydrogen (secondary N) is 2. The average molecular weight is 418 g/mol. The zero-order valence-electron chi connectivity index (χ0n) is 16.0. The predicted octanol–water partition coefficient (Wildman–Crippen LogP) is 2.32. The molecule has 1 saturated carbocycles. The van der Waals surface area contributed by atoms with Gasteiger partial charge in [-0.15, -0.1) is 0 Å². The van der Waals surface area contributed by atoms with Gasteiger partial charge in [-0.3, -0.25) is 9.52 Å². The first kappa shape index (κ1) is 20.7. The number of hydrogen-bond donors (Lipinski definition) is 2. The number of rotatable bonds is 8. The largest absolute Gasteiger partial charge is 0.497 e. The van der Waals surface area contributed by atoms with E-state index in [1.54, 1.807) is 12.1 Å². The lowest BCUT2D eigenvalue weighted by Crippen LogP contribution is -2.37. The van der Waals surface area contributed by atoms with Crippen LogP contribution in [0.1, 0.15) is 30.1 Å². The number of esters is 1. The van der Waals surface area contributed by atoms with Crippen LogP contribution in [-0.2, 0) is 19.6 Å². The zero-order chi connectivity index (χ0) is 21.0. The lowest BCUT2D eigenvalue weighted by atomic mass is 10.2. The van der Waals surface area contributed by atoms with Crippen LogP contribution in [0.3, 0.4) is 0 Å². The van der Waals surface area contributed by atoms with E-state index in [1.165, 1.54) is 50.4 Å². The molecule has 0 aromatic heterocycles. The molecule has 0 saturated heterocycles. The van der Waals surface area contributed by atoms with Crippen LogP contribution < -0.4 is 14.8 Å². The number of sulfonamides is 1. The minimum Gasteiger partial charge on any atom is -0.497 e. The van der Waals surface area contributed by atoms with Gasteiger partial charge >= 0.3 is 5.97 Å². The molecular weight excluding hydrogens is 396 g/mol. The van der Waals surface area contributed by atoms with Gasteiger partial charge in [0.25, 0.3) is 15.9 Å². The summed E-state index contributed by atoms with van der Waals surface area (Å²) in [5, 5.41) is 2.76. The number of ether oxygens (including phenoxy) is 2. The first-order valence-corrected chi connectivity index (χ1v) is 10.6. The second kappa shape index (κ2) is 8.52.